The lowest BCUT2D eigenvalue weighted by atomic mass is 10.2. The van der Waals surface area contributed by atoms with E-state index in [0.29, 0.717) is 5.75 Å². The molecule has 2 aromatic carbocycles. The molecule has 0 bridgehead atoms. The lowest BCUT2D eigenvalue weighted by Gasteiger charge is -2.10. The fraction of sp³-hybridized carbons (Fsp3) is 0.0870. The van der Waals surface area contributed by atoms with Crippen LogP contribution in [0.4, 0.5) is 0 Å². The van der Waals surface area contributed by atoms with Crippen molar-refractivity contribution in [3.63, 3.8) is 0 Å². The van der Waals surface area contributed by atoms with Crippen LogP contribution in [0.2, 0.25) is 0 Å². The van der Waals surface area contributed by atoms with Crippen molar-refractivity contribution >= 4 is 17.4 Å². The number of fused-ring (bicyclic) bond motifs is 1. The average molecular weight is 414 g/mol. The first kappa shape index (κ1) is 18.4. The van der Waals surface area contributed by atoms with Gasteiger partial charge in [0.05, 0.1) is 12.8 Å². The van der Waals surface area contributed by atoms with Crippen molar-refractivity contribution in [3.8, 4) is 22.8 Å². The molecule has 30 heavy (non-hydrogen) atoms. The lowest BCUT2D eigenvalue weighted by molar-refractivity contribution is 0.415. The number of aromatic nitrogens is 5. The number of ether oxygens (including phenoxy) is 1. The highest BCUT2D eigenvalue weighted by atomic mass is 32.2. The first-order valence-corrected chi connectivity index (χ1v) is 10.5. The normalized spacial score (nSPS) is 11.1. The topological polar surface area (TPSA) is 57.2 Å². The summed E-state index contributed by atoms with van der Waals surface area (Å²) in [6.07, 6.45) is 4.05. The minimum atomic E-state index is 0.699. The molecule has 0 aliphatic heterocycles. The van der Waals surface area contributed by atoms with Crippen LogP contribution in [0.5, 0.6) is 5.75 Å². The van der Waals surface area contributed by atoms with Crippen molar-refractivity contribution in [2.75, 3.05) is 7.11 Å². The zero-order chi connectivity index (χ0) is 20.3. The molecule has 5 aromatic rings. The molecule has 0 aliphatic rings. The van der Waals surface area contributed by atoms with Gasteiger partial charge in [0.15, 0.2) is 11.0 Å². The van der Waals surface area contributed by atoms with Gasteiger partial charge in [-0.2, -0.15) is 0 Å². The second-order valence-corrected chi connectivity index (χ2v) is 7.64. The predicted octanol–water partition coefficient (Wildman–Crippen LogP) is 4.88. The number of rotatable bonds is 6. The molecule has 0 radical (unpaired) electrons. The van der Waals surface area contributed by atoms with Gasteiger partial charge in [-0.25, -0.2) is 4.98 Å². The van der Waals surface area contributed by atoms with Gasteiger partial charge in [0.25, 0.3) is 0 Å². The number of para-hydroxylation sites is 1. The molecular formula is C23H19N5OS. The van der Waals surface area contributed by atoms with Crippen LogP contribution in [0.3, 0.4) is 0 Å². The Morgan fingerprint density at radius 2 is 1.80 bits per heavy atom. The maximum absolute atomic E-state index is 5.39. The molecule has 0 fully saturated rings. The van der Waals surface area contributed by atoms with E-state index >= 15 is 0 Å². The standard InChI is InChI=1S/C23H19N5OS/c1-29-20-11-7-8-17(14-20)22-25-26-23(28(22)19-9-3-2-4-10-19)30-16-18-15-27-13-6-5-12-21(27)24-18/h2-15H,16H2,1H3. The van der Waals surface area contributed by atoms with Crippen molar-refractivity contribution in [1.82, 2.24) is 24.1 Å². The van der Waals surface area contributed by atoms with Gasteiger partial charge in [-0.3, -0.25) is 4.57 Å². The van der Waals surface area contributed by atoms with Gasteiger partial charge in [0.1, 0.15) is 11.4 Å². The number of imidazole rings is 1. The Morgan fingerprint density at radius 3 is 2.63 bits per heavy atom. The number of nitrogens with zero attached hydrogens (tertiary/aromatic N) is 5. The van der Waals surface area contributed by atoms with E-state index in [9.17, 15) is 0 Å². The molecule has 3 aromatic heterocycles. The van der Waals surface area contributed by atoms with Crippen LogP contribution in [-0.2, 0) is 5.75 Å². The third-order valence-corrected chi connectivity index (χ3v) is 5.70. The first-order chi connectivity index (χ1) is 14.8. The minimum absolute atomic E-state index is 0.699. The third-order valence-electron chi connectivity index (χ3n) is 4.74. The number of benzene rings is 2. The Morgan fingerprint density at radius 1 is 0.933 bits per heavy atom. The van der Waals surface area contributed by atoms with Gasteiger partial charge >= 0.3 is 0 Å². The summed E-state index contributed by atoms with van der Waals surface area (Å²) in [4.78, 5) is 4.69. The Balaban J connectivity index is 1.52. The zero-order valence-corrected chi connectivity index (χ0v) is 17.2. The molecule has 5 rings (SSSR count). The van der Waals surface area contributed by atoms with E-state index in [0.717, 1.165) is 39.3 Å². The Hall–Kier alpha value is -3.58. The monoisotopic (exact) mass is 413 g/mol. The molecular weight excluding hydrogens is 394 g/mol. The summed E-state index contributed by atoms with van der Waals surface area (Å²) in [6, 6.07) is 24.0. The van der Waals surface area contributed by atoms with Gasteiger partial charge in [0, 0.05) is 29.4 Å². The van der Waals surface area contributed by atoms with Crippen LogP contribution in [0, 0.1) is 0 Å². The summed E-state index contributed by atoms with van der Waals surface area (Å²) in [5.41, 5.74) is 3.90. The van der Waals surface area contributed by atoms with Crippen LogP contribution in [0.15, 0.2) is 90.3 Å². The maximum atomic E-state index is 5.39. The van der Waals surface area contributed by atoms with Crippen LogP contribution in [0.25, 0.3) is 22.7 Å². The van der Waals surface area contributed by atoms with E-state index in [1.807, 2.05) is 71.3 Å². The third kappa shape index (κ3) is 3.55. The molecule has 0 spiro atoms. The number of thioether (sulfide) groups is 1. The summed E-state index contributed by atoms with van der Waals surface area (Å²) in [7, 11) is 1.66. The van der Waals surface area contributed by atoms with Gasteiger partial charge < -0.3 is 9.14 Å². The van der Waals surface area contributed by atoms with Crippen LogP contribution >= 0.6 is 11.8 Å². The molecule has 0 atom stereocenters. The molecule has 0 saturated heterocycles. The lowest BCUT2D eigenvalue weighted by Crippen LogP contribution is -2.00. The minimum Gasteiger partial charge on any atom is -0.497 e. The van der Waals surface area contributed by atoms with Crippen molar-refractivity contribution in [2.24, 2.45) is 0 Å². The van der Waals surface area contributed by atoms with Crippen molar-refractivity contribution in [2.45, 2.75) is 10.9 Å². The fourth-order valence-corrected chi connectivity index (χ4v) is 4.15. The molecule has 3 heterocycles. The van der Waals surface area contributed by atoms with Crippen LogP contribution < -0.4 is 4.74 Å². The molecule has 0 saturated carbocycles. The number of methoxy groups -OCH3 is 1. The summed E-state index contributed by atoms with van der Waals surface area (Å²) in [6.45, 7) is 0. The van der Waals surface area contributed by atoms with Crippen LogP contribution in [-0.4, -0.2) is 31.3 Å². The van der Waals surface area contributed by atoms with E-state index < -0.39 is 0 Å². The fourth-order valence-electron chi connectivity index (χ4n) is 3.32. The summed E-state index contributed by atoms with van der Waals surface area (Å²) >= 11 is 1.62. The highest BCUT2D eigenvalue weighted by molar-refractivity contribution is 7.98. The van der Waals surface area contributed by atoms with Crippen LogP contribution in [0.1, 0.15) is 5.69 Å². The van der Waals surface area contributed by atoms with Gasteiger partial charge in [0.2, 0.25) is 0 Å². The highest BCUT2D eigenvalue weighted by Crippen LogP contribution is 2.31. The number of hydrogen-bond acceptors (Lipinski definition) is 5. The molecule has 7 heteroatoms. The number of pyridine rings is 1. The Kier molecular flexibility index (Phi) is 4.94. The summed E-state index contributed by atoms with van der Waals surface area (Å²) in [5.74, 6) is 2.26. The Labute approximate surface area is 178 Å². The average Bonchev–Trinajstić information content (AvgIpc) is 3.42. The van der Waals surface area contributed by atoms with Gasteiger partial charge in [-0.15, -0.1) is 10.2 Å². The molecule has 0 amide bonds. The zero-order valence-electron chi connectivity index (χ0n) is 16.3. The maximum Gasteiger partial charge on any atom is 0.196 e. The quantitative estimate of drug-likeness (QED) is 0.371. The molecule has 0 aliphatic carbocycles. The smallest absolute Gasteiger partial charge is 0.196 e. The molecule has 0 unspecified atom stereocenters. The second-order valence-electron chi connectivity index (χ2n) is 6.70. The Bertz CT molecular complexity index is 1260. The molecule has 0 N–H and O–H groups in total. The van der Waals surface area contributed by atoms with Gasteiger partial charge in [-0.05, 0) is 36.4 Å². The van der Waals surface area contributed by atoms with Gasteiger partial charge in [-0.1, -0.05) is 48.2 Å². The predicted molar refractivity (Wildman–Crippen MR) is 118 cm³/mol. The first-order valence-electron chi connectivity index (χ1n) is 9.52. The largest absolute Gasteiger partial charge is 0.497 e. The van der Waals surface area contributed by atoms with E-state index in [1.54, 1.807) is 18.9 Å². The SMILES string of the molecule is COc1cccc(-c2nnc(SCc3cn4ccccc4n3)n2-c2ccccc2)c1. The second kappa shape index (κ2) is 8.04. The van der Waals surface area contributed by atoms with Crippen molar-refractivity contribution < 1.29 is 4.74 Å². The van der Waals surface area contributed by atoms with Crippen molar-refractivity contribution in [1.29, 1.82) is 0 Å². The van der Waals surface area contributed by atoms with E-state index in [-0.39, 0.29) is 0 Å². The van der Waals surface area contributed by atoms with E-state index in [2.05, 4.69) is 38.1 Å². The summed E-state index contributed by atoms with van der Waals surface area (Å²) in [5, 5.41) is 9.81. The van der Waals surface area contributed by atoms with E-state index in [1.165, 1.54) is 0 Å². The summed E-state index contributed by atoms with van der Waals surface area (Å²) < 4.78 is 9.50. The molecule has 6 nitrogen and oxygen atoms in total. The molecule has 148 valence electrons. The van der Waals surface area contributed by atoms with E-state index in [4.69, 9.17) is 4.74 Å². The highest BCUT2D eigenvalue weighted by Gasteiger charge is 2.17. The number of hydrogen-bond donors (Lipinski definition) is 0. The van der Waals surface area contributed by atoms with Crippen molar-refractivity contribution in [3.05, 3.63) is 90.9 Å².